The van der Waals surface area contributed by atoms with Gasteiger partial charge in [-0.05, 0) is 23.3 Å². The monoisotopic (exact) mass is 346 g/mol. The van der Waals surface area contributed by atoms with E-state index in [-0.39, 0.29) is 0 Å². The summed E-state index contributed by atoms with van der Waals surface area (Å²) in [5.74, 6) is 0. The summed E-state index contributed by atoms with van der Waals surface area (Å²) in [6.07, 6.45) is 4.14. The van der Waals surface area contributed by atoms with Crippen molar-refractivity contribution in [1.82, 2.24) is 0 Å². The fourth-order valence-corrected chi connectivity index (χ4v) is 2.07. The first-order valence-corrected chi connectivity index (χ1v) is 8.11. The van der Waals surface area contributed by atoms with Crippen molar-refractivity contribution in [3.05, 3.63) is 79.1 Å². The number of rotatable bonds is 2. The van der Waals surface area contributed by atoms with Crippen LogP contribution in [0.1, 0.15) is 0 Å². The molecule has 0 bridgehead atoms. The second-order valence-corrected chi connectivity index (χ2v) is 5.59. The van der Waals surface area contributed by atoms with E-state index >= 15 is 0 Å². The van der Waals surface area contributed by atoms with E-state index in [0.29, 0.717) is 0 Å². The Morgan fingerprint density at radius 2 is 1.12 bits per heavy atom. The summed E-state index contributed by atoms with van der Waals surface area (Å²) in [7, 11) is -4.94. The minimum Gasteiger partial charge on any atom is -0.399 e. The average Bonchev–Trinajstić information content (AvgIpc) is 2.55. The molecule has 0 spiro atoms. The first-order valence-electron chi connectivity index (χ1n) is 6.87. The van der Waals surface area contributed by atoms with Gasteiger partial charge in [0, 0.05) is 30.0 Å². The molecule has 2 aromatic carbocycles. The molecule has 7 heteroatoms. The van der Waals surface area contributed by atoms with Gasteiger partial charge in [0.25, 0.3) is 0 Å². The molecular weight excluding hydrogens is 332 g/mol. The number of pyridine rings is 1. The second kappa shape index (κ2) is 7.87. The molecule has 24 heavy (non-hydrogen) atoms. The van der Waals surface area contributed by atoms with E-state index in [0.717, 1.165) is 11.4 Å². The van der Waals surface area contributed by atoms with E-state index in [1.165, 1.54) is 11.1 Å². The van der Waals surface area contributed by atoms with Crippen LogP contribution in [-0.2, 0) is 0 Å². The summed E-state index contributed by atoms with van der Waals surface area (Å²) in [5.41, 5.74) is 10.0. The molecule has 0 aliphatic carbocycles. The van der Waals surface area contributed by atoms with Crippen LogP contribution in [0.2, 0.25) is 0 Å². The van der Waals surface area contributed by atoms with Crippen LogP contribution < -0.4 is 28.9 Å². The van der Waals surface area contributed by atoms with E-state index in [1.807, 2.05) is 42.5 Å². The lowest BCUT2D eigenvalue weighted by Crippen LogP contribution is -2.68. The smallest absolute Gasteiger partial charge is 0.210 e. The quantitative estimate of drug-likeness (QED) is 0.445. The Bertz CT molecular complexity index is 751. The summed E-state index contributed by atoms with van der Waals surface area (Å²) in [5, 5.41) is 0. The molecule has 6 nitrogen and oxygen atoms in total. The first kappa shape index (κ1) is 17.9. The lowest BCUT2D eigenvalue weighted by atomic mass is 10.1. The third-order valence-electron chi connectivity index (χ3n) is 3.13. The molecule has 1 heterocycles. The van der Waals surface area contributed by atoms with Gasteiger partial charge in [-0.15, -0.1) is 10.2 Å². The topological polar surface area (TPSA) is 122 Å². The summed E-state index contributed by atoms with van der Waals surface area (Å²) in [6, 6.07) is 22.4. The normalized spacial score (nSPS) is 10.7. The zero-order valence-electron chi connectivity index (χ0n) is 12.5. The number of benzene rings is 2. The number of nitrogen functional groups attached to an aromatic ring is 1. The maximum absolute atomic E-state index is 8.49. The van der Waals surface area contributed by atoms with Gasteiger partial charge in [0.2, 0.25) is 5.69 Å². The highest BCUT2D eigenvalue weighted by Crippen LogP contribution is 2.19. The SMILES string of the molecule is Nc1ccc(-c2cc[n+](-c3ccccc3)cc2)cc1.[O-][Cl+3]([O-])([O-])[O-]. The Morgan fingerprint density at radius 3 is 1.62 bits per heavy atom. The largest absolute Gasteiger partial charge is 0.399 e. The highest BCUT2D eigenvalue weighted by atomic mass is 35.7. The summed E-state index contributed by atoms with van der Waals surface area (Å²) in [4.78, 5) is 0. The summed E-state index contributed by atoms with van der Waals surface area (Å²) < 4.78 is 36.1. The van der Waals surface area contributed by atoms with Crippen molar-refractivity contribution >= 4 is 5.69 Å². The lowest BCUT2D eigenvalue weighted by Gasteiger charge is -2.17. The molecule has 0 amide bonds. The number of nitrogens with two attached hydrogens (primary N) is 1. The van der Waals surface area contributed by atoms with Crippen molar-refractivity contribution in [2.75, 3.05) is 5.73 Å². The van der Waals surface area contributed by atoms with Crippen LogP contribution in [0, 0.1) is 10.2 Å². The number of para-hydroxylation sites is 1. The van der Waals surface area contributed by atoms with Crippen LogP contribution in [0.4, 0.5) is 5.69 Å². The molecule has 0 aliphatic rings. The molecule has 3 rings (SSSR count). The Labute approximate surface area is 141 Å². The molecular formula is C17H15ClN2O4. The average molecular weight is 347 g/mol. The predicted molar refractivity (Wildman–Crippen MR) is 77.8 cm³/mol. The molecule has 0 atom stereocenters. The fourth-order valence-electron chi connectivity index (χ4n) is 2.07. The Morgan fingerprint density at radius 1 is 0.667 bits per heavy atom. The van der Waals surface area contributed by atoms with E-state index in [4.69, 9.17) is 24.4 Å². The van der Waals surface area contributed by atoms with Crippen molar-refractivity contribution in [3.8, 4) is 16.8 Å². The molecule has 2 N–H and O–H groups in total. The van der Waals surface area contributed by atoms with Gasteiger partial charge in [-0.3, -0.25) is 0 Å². The van der Waals surface area contributed by atoms with E-state index < -0.39 is 10.2 Å². The zero-order chi connectivity index (χ0) is 17.6. The third-order valence-corrected chi connectivity index (χ3v) is 3.13. The van der Waals surface area contributed by atoms with Crippen LogP contribution in [-0.4, -0.2) is 0 Å². The van der Waals surface area contributed by atoms with Crippen molar-refractivity contribution in [1.29, 1.82) is 0 Å². The van der Waals surface area contributed by atoms with Gasteiger partial charge in [-0.2, -0.15) is 4.57 Å². The third kappa shape index (κ3) is 5.96. The zero-order valence-corrected chi connectivity index (χ0v) is 13.3. The maximum atomic E-state index is 8.49. The molecule has 0 saturated carbocycles. The van der Waals surface area contributed by atoms with E-state index in [9.17, 15) is 0 Å². The Kier molecular flexibility index (Phi) is 5.86. The maximum Gasteiger partial charge on any atom is 0.210 e. The van der Waals surface area contributed by atoms with Crippen LogP contribution >= 0.6 is 0 Å². The highest BCUT2D eigenvalue weighted by Gasteiger charge is 2.05. The van der Waals surface area contributed by atoms with E-state index in [1.54, 1.807) is 0 Å². The summed E-state index contributed by atoms with van der Waals surface area (Å²) in [6.45, 7) is 0. The molecule has 0 fully saturated rings. The Hall–Kier alpha value is -2.48. The molecule has 0 aliphatic heterocycles. The minimum absolute atomic E-state index is 0.791. The van der Waals surface area contributed by atoms with Gasteiger partial charge < -0.3 is 5.73 Å². The van der Waals surface area contributed by atoms with Crippen LogP contribution in [0.25, 0.3) is 16.8 Å². The highest BCUT2D eigenvalue weighted by molar-refractivity contribution is 5.64. The number of halogens is 1. The number of hydrogen-bond donors (Lipinski definition) is 1. The van der Waals surface area contributed by atoms with Gasteiger partial charge in [-0.25, -0.2) is 18.6 Å². The standard InChI is InChI=1S/C17H14N2.ClHO4/c18-16-8-6-14(7-9-16)15-10-12-19(13-11-15)17-4-2-1-3-5-17;2-1(3,4)5/h1-13,18H;(H,2,3,4,5). The predicted octanol–water partition coefficient (Wildman–Crippen LogP) is -1.54. The summed E-state index contributed by atoms with van der Waals surface area (Å²) >= 11 is 0. The van der Waals surface area contributed by atoms with Crippen molar-refractivity contribution < 1.29 is 33.4 Å². The van der Waals surface area contributed by atoms with Gasteiger partial charge in [-0.1, -0.05) is 30.3 Å². The molecule has 0 radical (unpaired) electrons. The molecule has 1 aromatic heterocycles. The molecule has 124 valence electrons. The van der Waals surface area contributed by atoms with Crippen LogP contribution in [0.5, 0.6) is 0 Å². The molecule has 0 saturated heterocycles. The minimum atomic E-state index is -4.94. The second-order valence-electron chi connectivity index (χ2n) is 4.83. The van der Waals surface area contributed by atoms with Crippen LogP contribution in [0.15, 0.2) is 79.1 Å². The van der Waals surface area contributed by atoms with Crippen LogP contribution in [0.3, 0.4) is 0 Å². The number of nitrogens with zero attached hydrogens (tertiary/aromatic N) is 1. The van der Waals surface area contributed by atoms with E-state index in [2.05, 4.69) is 41.2 Å². The van der Waals surface area contributed by atoms with Gasteiger partial charge >= 0.3 is 0 Å². The number of hydrogen-bond acceptors (Lipinski definition) is 5. The number of anilines is 1. The van der Waals surface area contributed by atoms with Gasteiger partial charge in [0.05, 0.1) is 0 Å². The van der Waals surface area contributed by atoms with Crippen molar-refractivity contribution in [3.63, 3.8) is 0 Å². The number of aromatic nitrogens is 1. The van der Waals surface area contributed by atoms with Gasteiger partial charge in [0.1, 0.15) is 0 Å². The van der Waals surface area contributed by atoms with Gasteiger partial charge in [0.15, 0.2) is 12.4 Å². The molecule has 3 aromatic rings. The molecule has 0 unspecified atom stereocenters. The van der Waals surface area contributed by atoms with Crippen molar-refractivity contribution in [2.45, 2.75) is 0 Å². The Balaban J connectivity index is 0.000000368. The first-order chi connectivity index (χ1) is 11.3. The van der Waals surface area contributed by atoms with Crippen molar-refractivity contribution in [2.24, 2.45) is 0 Å². The fraction of sp³-hybridized carbons (Fsp3) is 0. The lowest BCUT2D eigenvalue weighted by molar-refractivity contribution is -2.00.